The van der Waals surface area contributed by atoms with E-state index in [2.05, 4.69) is 59.4 Å². The summed E-state index contributed by atoms with van der Waals surface area (Å²) in [5.74, 6) is 0.951. The molecule has 1 aromatic rings. The third-order valence-electron chi connectivity index (χ3n) is 3.54. The summed E-state index contributed by atoms with van der Waals surface area (Å²) in [6, 6.07) is 10.0. The van der Waals surface area contributed by atoms with E-state index in [1.54, 1.807) is 0 Å². The van der Waals surface area contributed by atoms with Crippen LogP contribution in [0.1, 0.15) is 38.7 Å². The van der Waals surface area contributed by atoms with Crippen LogP contribution in [0.25, 0.3) is 0 Å². The number of benzene rings is 1. The van der Waals surface area contributed by atoms with Gasteiger partial charge in [0.25, 0.3) is 0 Å². The lowest BCUT2D eigenvalue weighted by atomic mass is 10.1. The van der Waals surface area contributed by atoms with Gasteiger partial charge in [-0.25, -0.2) is 0 Å². The average Bonchev–Trinajstić information content (AvgIpc) is 3.00. The molecular formula is C15H22BrN. The van der Waals surface area contributed by atoms with E-state index in [-0.39, 0.29) is 0 Å². The molecule has 0 spiro atoms. The number of nitrogens with one attached hydrogen (secondary N) is 1. The van der Waals surface area contributed by atoms with Crippen molar-refractivity contribution >= 4 is 15.9 Å². The first-order valence-corrected chi connectivity index (χ1v) is 7.49. The monoisotopic (exact) mass is 295 g/mol. The van der Waals surface area contributed by atoms with Gasteiger partial charge in [0.05, 0.1) is 0 Å². The zero-order valence-electron chi connectivity index (χ0n) is 10.7. The molecule has 0 aromatic heterocycles. The van der Waals surface area contributed by atoms with Gasteiger partial charge in [-0.05, 0) is 49.8 Å². The summed E-state index contributed by atoms with van der Waals surface area (Å²) < 4.78 is 1.16. The largest absolute Gasteiger partial charge is 0.311 e. The molecule has 94 valence electrons. The lowest BCUT2D eigenvalue weighted by Gasteiger charge is -2.14. The van der Waals surface area contributed by atoms with Crippen molar-refractivity contribution in [2.75, 3.05) is 0 Å². The highest BCUT2D eigenvalue weighted by molar-refractivity contribution is 9.10. The summed E-state index contributed by atoms with van der Waals surface area (Å²) in [5.41, 5.74) is 1.42. The predicted molar refractivity (Wildman–Crippen MR) is 77.2 cm³/mol. The lowest BCUT2D eigenvalue weighted by Crippen LogP contribution is -2.31. The quantitative estimate of drug-likeness (QED) is 0.831. The van der Waals surface area contributed by atoms with Crippen molar-refractivity contribution < 1.29 is 0 Å². The minimum absolute atomic E-state index is 0.586. The maximum atomic E-state index is 3.74. The van der Waals surface area contributed by atoms with Crippen LogP contribution in [0.2, 0.25) is 0 Å². The summed E-state index contributed by atoms with van der Waals surface area (Å²) in [7, 11) is 0. The first-order valence-electron chi connectivity index (χ1n) is 6.69. The summed E-state index contributed by atoms with van der Waals surface area (Å²) in [6.45, 7) is 4.57. The Balaban J connectivity index is 1.74. The molecule has 2 rings (SSSR count). The van der Waals surface area contributed by atoms with Crippen LogP contribution in [-0.4, -0.2) is 12.1 Å². The fraction of sp³-hybridized carbons (Fsp3) is 0.600. The van der Waals surface area contributed by atoms with Crippen LogP contribution in [0.3, 0.4) is 0 Å². The van der Waals surface area contributed by atoms with Crippen molar-refractivity contribution in [1.82, 2.24) is 5.32 Å². The van der Waals surface area contributed by atoms with E-state index in [4.69, 9.17) is 0 Å². The number of halogens is 1. The Hall–Kier alpha value is -0.340. The van der Waals surface area contributed by atoms with Gasteiger partial charge in [-0.3, -0.25) is 0 Å². The minimum Gasteiger partial charge on any atom is -0.311 e. The SMILES string of the molecule is CCCC1CC1NC(C)Cc1ccc(Br)cc1. The van der Waals surface area contributed by atoms with Gasteiger partial charge < -0.3 is 5.32 Å². The fourth-order valence-electron chi connectivity index (χ4n) is 2.54. The van der Waals surface area contributed by atoms with Gasteiger partial charge in [0, 0.05) is 16.6 Å². The zero-order chi connectivity index (χ0) is 12.3. The Labute approximate surface area is 113 Å². The molecule has 17 heavy (non-hydrogen) atoms. The topological polar surface area (TPSA) is 12.0 Å². The molecule has 1 aromatic carbocycles. The van der Waals surface area contributed by atoms with Crippen LogP contribution in [0, 0.1) is 5.92 Å². The van der Waals surface area contributed by atoms with Crippen LogP contribution < -0.4 is 5.32 Å². The van der Waals surface area contributed by atoms with E-state index in [1.807, 2.05) is 0 Å². The molecular weight excluding hydrogens is 274 g/mol. The Morgan fingerprint density at radius 2 is 2.06 bits per heavy atom. The molecule has 0 saturated heterocycles. The van der Waals surface area contributed by atoms with Crippen molar-refractivity contribution in [1.29, 1.82) is 0 Å². The highest BCUT2D eigenvalue weighted by Gasteiger charge is 2.36. The van der Waals surface area contributed by atoms with Gasteiger partial charge in [-0.1, -0.05) is 41.4 Å². The second kappa shape index (κ2) is 6.01. The summed E-state index contributed by atoms with van der Waals surface area (Å²) in [4.78, 5) is 0. The first-order chi connectivity index (χ1) is 8.19. The molecule has 1 fully saturated rings. The van der Waals surface area contributed by atoms with Crippen LogP contribution in [-0.2, 0) is 6.42 Å². The summed E-state index contributed by atoms with van der Waals surface area (Å²) in [6.07, 6.45) is 5.23. The molecule has 0 bridgehead atoms. The second-order valence-electron chi connectivity index (χ2n) is 5.29. The molecule has 0 aliphatic heterocycles. The normalized spacial score (nSPS) is 24.6. The van der Waals surface area contributed by atoms with Gasteiger partial charge in [0.1, 0.15) is 0 Å². The van der Waals surface area contributed by atoms with E-state index in [9.17, 15) is 0 Å². The smallest absolute Gasteiger partial charge is 0.0175 e. The standard InChI is InChI=1S/C15H22BrN/c1-3-4-13-10-15(13)17-11(2)9-12-5-7-14(16)8-6-12/h5-8,11,13,15,17H,3-4,9-10H2,1-2H3. The van der Waals surface area contributed by atoms with E-state index >= 15 is 0 Å². The Morgan fingerprint density at radius 3 is 2.71 bits per heavy atom. The zero-order valence-corrected chi connectivity index (χ0v) is 12.3. The molecule has 1 N–H and O–H groups in total. The van der Waals surface area contributed by atoms with E-state index in [0.717, 1.165) is 22.9 Å². The first kappa shape index (κ1) is 13.1. The highest BCUT2D eigenvalue weighted by Crippen LogP contribution is 2.34. The van der Waals surface area contributed by atoms with E-state index in [1.165, 1.54) is 24.8 Å². The van der Waals surface area contributed by atoms with Crippen LogP contribution >= 0.6 is 15.9 Å². The molecule has 3 unspecified atom stereocenters. The molecule has 1 saturated carbocycles. The molecule has 1 aliphatic rings. The maximum absolute atomic E-state index is 3.74. The molecule has 1 aliphatic carbocycles. The second-order valence-corrected chi connectivity index (χ2v) is 6.20. The van der Waals surface area contributed by atoms with Gasteiger partial charge in [-0.2, -0.15) is 0 Å². The predicted octanol–water partition coefficient (Wildman–Crippen LogP) is 4.16. The van der Waals surface area contributed by atoms with Crippen LogP contribution in [0.5, 0.6) is 0 Å². The molecule has 0 heterocycles. The number of hydrogen-bond acceptors (Lipinski definition) is 1. The summed E-state index contributed by atoms with van der Waals surface area (Å²) >= 11 is 3.47. The van der Waals surface area contributed by atoms with Crippen molar-refractivity contribution in [3.63, 3.8) is 0 Å². The Kier molecular flexibility index (Phi) is 4.63. The average molecular weight is 296 g/mol. The van der Waals surface area contributed by atoms with Crippen molar-refractivity contribution in [3.8, 4) is 0 Å². The minimum atomic E-state index is 0.586. The van der Waals surface area contributed by atoms with Crippen molar-refractivity contribution in [2.45, 2.75) is 51.6 Å². The van der Waals surface area contributed by atoms with Crippen LogP contribution in [0.15, 0.2) is 28.7 Å². The molecule has 0 radical (unpaired) electrons. The molecule has 0 amide bonds. The number of hydrogen-bond donors (Lipinski definition) is 1. The lowest BCUT2D eigenvalue weighted by molar-refractivity contribution is 0.510. The maximum Gasteiger partial charge on any atom is 0.0175 e. The Morgan fingerprint density at radius 1 is 1.35 bits per heavy atom. The summed E-state index contributed by atoms with van der Waals surface area (Å²) in [5, 5.41) is 3.74. The van der Waals surface area contributed by atoms with E-state index in [0.29, 0.717) is 6.04 Å². The van der Waals surface area contributed by atoms with Gasteiger partial charge in [-0.15, -0.1) is 0 Å². The van der Waals surface area contributed by atoms with Gasteiger partial charge in [0.2, 0.25) is 0 Å². The third kappa shape index (κ3) is 4.11. The third-order valence-corrected chi connectivity index (χ3v) is 4.06. The van der Waals surface area contributed by atoms with Crippen molar-refractivity contribution in [2.24, 2.45) is 5.92 Å². The highest BCUT2D eigenvalue weighted by atomic mass is 79.9. The van der Waals surface area contributed by atoms with Gasteiger partial charge >= 0.3 is 0 Å². The fourth-order valence-corrected chi connectivity index (χ4v) is 2.80. The van der Waals surface area contributed by atoms with Crippen molar-refractivity contribution in [3.05, 3.63) is 34.3 Å². The Bertz CT molecular complexity index is 346. The number of rotatable bonds is 6. The van der Waals surface area contributed by atoms with E-state index < -0.39 is 0 Å². The van der Waals surface area contributed by atoms with Gasteiger partial charge in [0.15, 0.2) is 0 Å². The molecule has 3 atom stereocenters. The molecule has 2 heteroatoms. The van der Waals surface area contributed by atoms with Crippen LogP contribution in [0.4, 0.5) is 0 Å². The molecule has 1 nitrogen and oxygen atoms in total.